The Bertz CT molecular complexity index is 714. The lowest BCUT2D eigenvalue weighted by atomic mass is 10.1. The van der Waals surface area contributed by atoms with Crippen LogP contribution in [0, 0.1) is 0 Å². The molecular weight excluding hydrogens is 310 g/mol. The first-order valence-corrected chi connectivity index (χ1v) is 7.77. The van der Waals surface area contributed by atoms with E-state index in [1.807, 2.05) is 24.3 Å². The molecule has 1 aliphatic rings. The normalized spacial score (nSPS) is 18.7. The Balaban J connectivity index is 1.42. The maximum absolute atomic E-state index is 12.0. The van der Waals surface area contributed by atoms with Gasteiger partial charge in [0.05, 0.1) is 18.4 Å². The van der Waals surface area contributed by atoms with E-state index in [9.17, 15) is 14.7 Å². The van der Waals surface area contributed by atoms with E-state index in [1.54, 1.807) is 12.1 Å². The lowest BCUT2D eigenvalue weighted by Gasteiger charge is -2.18. The van der Waals surface area contributed by atoms with Crippen molar-refractivity contribution >= 4 is 11.9 Å². The van der Waals surface area contributed by atoms with Crippen molar-refractivity contribution in [2.75, 3.05) is 13.1 Å². The lowest BCUT2D eigenvalue weighted by molar-refractivity contribution is 0.0926. The highest BCUT2D eigenvalue weighted by Crippen LogP contribution is 2.30. The summed E-state index contributed by atoms with van der Waals surface area (Å²) >= 11 is 0. The van der Waals surface area contributed by atoms with Crippen molar-refractivity contribution in [1.29, 1.82) is 0 Å². The predicted molar refractivity (Wildman–Crippen MR) is 86.5 cm³/mol. The van der Waals surface area contributed by atoms with E-state index in [4.69, 9.17) is 4.42 Å². The van der Waals surface area contributed by atoms with Crippen molar-refractivity contribution in [1.82, 2.24) is 16.0 Å². The van der Waals surface area contributed by atoms with E-state index < -0.39 is 12.1 Å². The molecule has 0 aliphatic heterocycles. The summed E-state index contributed by atoms with van der Waals surface area (Å²) in [5.74, 6) is -0.104. The van der Waals surface area contributed by atoms with E-state index >= 15 is 0 Å². The Labute approximate surface area is 139 Å². The van der Waals surface area contributed by atoms with Crippen molar-refractivity contribution in [3.63, 3.8) is 0 Å². The first-order chi connectivity index (χ1) is 11.6. The number of carbonyl (C=O) groups is 2. The minimum atomic E-state index is -0.633. The van der Waals surface area contributed by atoms with Crippen LogP contribution in [-0.2, 0) is 6.42 Å². The van der Waals surface area contributed by atoms with Gasteiger partial charge in [0.15, 0.2) is 5.76 Å². The molecule has 0 spiro atoms. The number of nitrogens with one attached hydrogen (secondary N) is 3. The molecule has 3 amide bonds. The van der Waals surface area contributed by atoms with Crippen molar-refractivity contribution in [2.45, 2.75) is 18.6 Å². The molecule has 7 heteroatoms. The fourth-order valence-electron chi connectivity index (χ4n) is 2.79. The molecule has 2 unspecified atom stereocenters. The van der Waals surface area contributed by atoms with Gasteiger partial charge in [-0.15, -0.1) is 0 Å². The number of hydrogen-bond donors (Lipinski definition) is 4. The van der Waals surface area contributed by atoms with Gasteiger partial charge >= 0.3 is 6.03 Å². The van der Waals surface area contributed by atoms with Gasteiger partial charge in [-0.05, 0) is 23.3 Å². The summed E-state index contributed by atoms with van der Waals surface area (Å²) in [6, 6.07) is 10.0. The van der Waals surface area contributed by atoms with Crippen LogP contribution in [0.2, 0.25) is 0 Å². The summed E-state index contributed by atoms with van der Waals surface area (Å²) in [7, 11) is 0. The van der Waals surface area contributed by atoms with Gasteiger partial charge in [0.1, 0.15) is 0 Å². The fourth-order valence-corrected chi connectivity index (χ4v) is 2.79. The van der Waals surface area contributed by atoms with Crippen LogP contribution >= 0.6 is 0 Å². The number of hydrogen-bond acceptors (Lipinski definition) is 4. The monoisotopic (exact) mass is 329 g/mol. The average Bonchev–Trinajstić information content (AvgIpc) is 3.20. The SMILES string of the molecule is O=C(NCCNC(=O)c1ccco1)NC1c2ccccc2CC1O. The van der Waals surface area contributed by atoms with E-state index in [2.05, 4.69) is 16.0 Å². The zero-order chi connectivity index (χ0) is 16.9. The third kappa shape index (κ3) is 3.57. The second kappa shape index (κ2) is 7.18. The zero-order valence-corrected chi connectivity index (χ0v) is 13.0. The number of aliphatic hydroxyl groups excluding tert-OH is 1. The molecule has 1 aromatic heterocycles. The zero-order valence-electron chi connectivity index (χ0n) is 13.0. The van der Waals surface area contributed by atoms with Crippen LogP contribution in [-0.4, -0.2) is 36.2 Å². The number of urea groups is 1. The van der Waals surface area contributed by atoms with Gasteiger partial charge in [-0.25, -0.2) is 4.79 Å². The molecule has 0 saturated carbocycles. The van der Waals surface area contributed by atoms with Crippen LogP contribution < -0.4 is 16.0 Å². The summed E-state index contributed by atoms with van der Waals surface area (Å²) in [5.41, 5.74) is 1.98. The second-order valence-corrected chi connectivity index (χ2v) is 5.58. The summed E-state index contributed by atoms with van der Waals surface area (Å²) in [4.78, 5) is 23.6. The number of benzene rings is 1. The van der Waals surface area contributed by atoms with E-state index in [-0.39, 0.29) is 30.8 Å². The van der Waals surface area contributed by atoms with Crippen LogP contribution in [0.5, 0.6) is 0 Å². The van der Waals surface area contributed by atoms with Gasteiger partial charge in [0, 0.05) is 19.5 Å². The minimum absolute atomic E-state index is 0.227. The summed E-state index contributed by atoms with van der Waals surface area (Å²) < 4.78 is 4.97. The highest BCUT2D eigenvalue weighted by atomic mass is 16.3. The molecule has 2 atom stereocenters. The molecule has 0 bridgehead atoms. The summed E-state index contributed by atoms with van der Waals surface area (Å²) in [5, 5.41) is 18.2. The van der Waals surface area contributed by atoms with Crippen LogP contribution in [0.4, 0.5) is 4.79 Å². The molecule has 3 rings (SSSR count). The number of rotatable bonds is 5. The molecule has 1 aliphatic carbocycles. The first-order valence-electron chi connectivity index (χ1n) is 7.77. The van der Waals surface area contributed by atoms with Crippen molar-refractivity contribution in [2.24, 2.45) is 0 Å². The van der Waals surface area contributed by atoms with E-state index in [0.29, 0.717) is 6.42 Å². The molecule has 0 saturated heterocycles. The minimum Gasteiger partial charge on any atom is -0.459 e. The van der Waals surface area contributed by atoms with Crippen LogP contribution in [0.1, 0.15) is 27.7 Å². The second-order valence-electron chi connectivity index (χ2n) is 5.58. The molecular formula is C17H19N3O4. The molecule has 7 nitrogen and oxygen atoms in total. The number of aliphatic hydroxyl groups is 1. The largest absolute Gasteiger partial charge is 0.459 e. The number of furan rings is 1. The Morgan fingerprint density at radius 2 is 1.92 bits per heavy atom. The maximum Gasteiger partial charge on any atom is 0.315 e. The average molecular weight is 329 g/mol. The van der Waals surface area contributed by atoms with Gasteiger partial charge in [0.25, 0.3) is 5.91 Å². The van der Waals surface area contributed by atoms with Gasteiger partial charge in [-0.3, -0.25) is 4.79 Å². The van der Waals surface area contributed by atoms with Crippen LogP contribution in [0.25, 0.3) is 0 Å². The maximum atomic E-state index is 12.0. The quantitative estimate of drug-likeness (QED) is 0.614. The summed E-state index contributed by atoms with van der Waals surface area (Å²) in [6.45, 7) is 0.541. The first kappa shape index (κ1) is 16.1. The van der Waals surface area contributed by atoms with Crippen LogP contribution in [0.15, 0.2) is 47.1 Å². The van der Waals surface area contributed by atoms with Crippen molar-refractivity contribution < 1.29 is 19.1 Å². The molecule has 126 valence electrons. The number of carbonyl (C=O) groups excluding carboxylic acids is 2. The van der Waals surface area contributed by atoms with E-state index in [1.165, 1.54) is 6.26 Å². The summed E-state index contributed by atoms with van der Waals surface area (Å²) in [6.07, 6.45) is 1.32. The van der Waals surface area contributed by atoms with Crippen LogP contribution in [0.3, 0.4) is 0 Å². The topological polar surface area (TPSA) is 104 Å². The molecule has 0 radical (unpaired) electrons. The molecule has 0 fully saturated rings. The Kier molecular flexibility index (Phi) is 4.81. The van der Waals surface area contributed by atoms with Gasteiger partial charge in [-0.2, -0.15) is 0 Å². The predicted octanol–water partition coefficient (Wildman–Crippen LogP) is 0.967. The molecule has 4 N–H and O–H groups in total. The number of fused-ring (bicyclic) bond motifs is 1. The molecule has 1 aromatic carbocycles. The standard InChI is InChI=1S/C17H19N3O4/c21-13-10-11-4-1-2-5-12(11)15(13)20-17(23)19-8-7-18-16(22)14-6-3-9-24-14/h1-6,9,13,15,21H,7-8,10H2,(H,18,22)(H2,19,20,23). The van der Waals surface area contributed by atoms with Gasteiger partial charge in [0.2, 0.25) is 0 Å². The third-order valence-corrected chi connectivity index (χ3v) is 3.93. The Morgan fingerprint density at radius 3 is 2.71 bits per heavy atom. The molecule has 1 heterocycles. The van der Waals surface area contributed by atoms with Crippen molar-refractivity contribution in [3.8, 4) is 0 Å². The lowest BCUT2D eigenvalue weighted by Crippen LogP contribution is -2.43. The smallest absolute Gasteiger partial charge is 0.315 e. The highest BCUT2D eigenvalue weighted by molar-refractivity contribution is 5.91. The van der Waals surface area contributed by atoms with E-state index in [0.717, 1.165) is 11.1 Å². The Hall–Kier alpha value is -2.80. The van der Waals surface area contributed by atoms with Crippen molar-refractivity contribution in [3.05, 3.63) is 59.5 Å². The highest BCUT2D eigenvalue weighted by Gasteiger charge is 2.31. The Morgan fingerprint density at radius 1 is 1.12 bits per heavy atom. The van der Waals surface area contributed by atoms with Gasteiger partial charge in [-0.1, -0.05) is 24.3 Å². The molecule has 24 heavy (non-hydrogen) atoms. The fraction of sp³-hybridized carbons (Fsp3) is 0.294. The third-order valence-electron chi connectivity index (χ3n) is 3.93. The number of amides is 3. The molecule has 2 aromatic rings. The van der Waals surface area contributed by atoms with Gasteiger partial charge < -0.3 is 25.5 Å².